The van der Waals surface area contributed by atoms with Crippen molar-refractivity contribution in [3.8, 4) is 0 Å². The number of aliphatic hydroxyl groups is 10. The standard InChI is InChI=1S/C67H103N5O19/c1-42-21-19-17-15-13-11-9-10-12-14-16-18-20-22-54(89-66-63(85)61(62(84)44(3)88-66)70-58(82)41-72(7)8)38-57-60(65(86)69-29-30-71(5)6)56(81)40-67(87,91-57)39-53(79)35-51(77)33-49(75)31-48(74)32-50(76)34-52(78)37-59(83)90-64(42)43(2)23-28-47(73)36-55(80)45-24-26-46(68-4)27-25-45/h9-22,24-27,42-44,47-49,51-54,56-57,60-64,66,68,73-75,77-79,81,84-85,87H,23,28-41H2,1-8H3,(H,69,86)(H,70,82)/b10-9+,13-11+,14-12+,17-15+,18-16+,21-19-,22-20+/t42?,43?,44-,47?,48?,49?,51?,52?,53?,54?,56?,57?,60?,61+,62-,63+,64?,66+,67?/m1/s1. The molecule has 0 aromatic heterocycles. The number of allylic oxidation sites excluding steroid dienone is 12. The minimum absolute atomic E-state index is 0.0513. The van der Waals surface area contributed by atoms with Crippen molar-refractivity contribution in [1.29, 1.82) is 0 Å². The molecule has 24 nitrogen and oxygen atoms in total. The van der Waals surface area contributed by atoms with E-state index in [1.165, 1.54) is 6.92 Å². The summed E-state index contributed by atoms with van der Waals surface area (Å²) in [5, 5.41) is 121. The van der Waals surface area contributed by atoms with Gasteiger partial charge in [-0.3, -0.25) is 24.0 Å². The molecule has 510 valence electrons. The first kappa shape index (κ1) is 77.8. The van der Waals surface area contributed by atoms with Crippen molar-refractivity contribution in [2.75, 3.05) is 60.2 Å². The Balaban J connectivity index is 1.62. The van der Waals surface area contributed by atoms with Gasteiger partial charge in [-0.25, -0.2) is 0 Å². The van der Waals surface area contributed by atoms with Crippen LogP contribution in [0, 0.1) is 17.8 Å². The molecule has 0 spiro atoms. The van der Waals surface area contributed by atoms with Crippen LogP contribution in [-0.2, 0) is 38.1 Å². The first-order valence-corrected chi connectivity index (χ1v) is 31.5. The number of carbonyl (C=O) groups is 5. The molecule has 3 heterocycles. The molecule has 1 aromatic rings. The number of cyclic esters (lactones) is 1. The summed E-state index contributed by atoms with van der Waals surface area (Å²) >= 11 is 0. The highest BCUT2D eigenvalue weighted by atomic mass is 16.7. The van der Waals surface area contributed by atoms with Gasteiger partial charge in [0.2, 0.25) is 11.8 Å². The van der Waals surface area contributed by atoms with Crippen molar-refractivity contribution in [1.82, 2.24) is 20.4 Å². The van der Waals surface area contributed by atoms with Crippen LogP contribution in [0.25, 0.3) is 0 Å². The predicted octanol–water partition coefficient (Wildman–Crippen LogP) is 2.06. The van der Waals surface area contributed by atoms with Gasteiger partial charge in [-0.05, 0) is 97.4 Å². The zero-order valence-corrected chi connectivity index (χ0v) is 53.9. The Bertz CT molecular complexity index is 2610. The number of esters is 1. The van der Waals surface area contributed by atoms with Gasteiger partial charge in [0.25, 0.3) is 0 Å². The van der Waals surface area contributed by atoms with E-state index in [0.717, 1.165) is 5.69 Å². The van der Waals surface area contributed by atoms with Crippen LogP contribution in [0.1, 0.15) is 108 Å². The fourth-order valence-corrected chi connectivity index (χ4v) is 11.3. The summed E-state index contributed by atoms with van der Waals surface area (Å²) in [6.07, 6.45) is 2.19. The van der Waals surface area contributed by atoms with Gasteiger partial charge in [-0.1, -0.05) is 98.9 Å². The number of fused-ring (bicyclic) bond motifs is 2. The zero-order chi connectivity index (χ0) is 67.4. The molecule has 13 N–H and O–H groups in total. The number of amides is 2. The monoisotopic (exact) mass is 1280 g/mol. The highest BCUT2D eigenvalue weighted by Crippen LogP contribution is 2.38. The molecule has 2 bridgehead atoms. The quantitative estimate of drug-likeness (QED) is 0.0784. The minimum atomic E-state index is -2.32. The summed E-state index contributed by atoms with van der Waals surface area (Å²) in [5.41, 5.74) is 1.30. The molecule has 0 saturated carbocycles. The summed E-state index contributed by atoms with van der Waals surface area (Å²) in [7, 11) is 8.75. The van der Waals surface area contributed by atoms with Gasteiger partial charge in [-0.2, -0.15) is 0 Å². The van der Waals surface area contributed by atoms with Crippen molar-refractivity contribution in [3.05, 3.63) is 115 Å². The highest BCUT2D eigenvalue weighted by Gasteiger charge is 2.51. The third-order valence-electron chi connectivity index (χ3n) is 16.0. The number of ether oxygens (including phenoxy) is 4. The van der Waals surface area contributed by atoms with Crippen LogP contribution in [0.4, 0.5) is 5.69 Å². The lowest BCUT2D eigenvalue weighted by Gasteiger charge is -2.46. The van der Waals surface area contributed by atoms with Crippen LogP contribution in [0.5, 0.6) is 0 Å². The molecular weight excluding hydrogens is 1180 g/mol. The van der Waals surface area contributed by atoms with Gasteiger partial charge >= 0.3 is 5.97 Å². The number of hydrogen-bond acceptors (Lipinski definition) is 22. The Morgan fingerprint density at radius 2 is 1.27 bits per heavy atom. The van der Waals surface area contributed by atoms with E-state index in [4.69, 9.17) is 18.9 Å². The summed E-state index contributed by atoms with van der Waals surface area (Å²) in [4.78, 5) is 69.8. The number of nitrogens with zero attached hydrogens (tertiary/aromatic N) is 2. The molecule has 0 aliphatic carbocycles. The molecule has 91 heavy (non-hydrogen) atoms. The lowest BCUT2D eigenvalue weighted by Crippen LogP contribution is -2.64. The molecule has 3 aliphatic heterocycles. The lowest BCUT2D eigenvalue weighted by molar-refractivity contribution is -0.307. The van der Waals surface area contributed by atoms with E-state index in [1.807, 2.05) is 38.9 Å². The number of carbonyl (C=O) groups excluding carboxylic acids is 5. The molecule has 24 heteroatoms. The van der Waals surface area contributed by atoms with E-state index < -0.39 is 178 Å². The number of anilines is 1. The summed E-state index contributed by atoms with van der Waals surface area (Å²) in [6, 6.07) is 5.68. The Labute approximate surface area is 535 Å². The number of benzene rings is 1. The van der Waals surface area contributed by atoms with Gasteiger partial charge in [0.05, 0.1) is 86.0 Å². The Kier molecular flexibility index (Phi) is 34.0. The Morgan fingerprint density at radius 1 is 0.703 bits per heavy atom. The Morgan fingerprint density at radius 3 is 1.87 bits per heavy atom. The Hall–Kier alpha value is -5.65. The molecule has 2 amide bonds. The van der Waals surface area contributed by atoms with Crippen LogP contribution in [0.15, 0.2) is 109 Å². The maximum absolute atomic E-state index is 14.0. The van der Waals surface area contributed by atoms with Crippen LogP contribution >= 0.6 is 0 Å². The topological polar surface area (TPSA) is 367 Å². The van der Waals surface area contributed by atoms with Gasteiger partial charge in [0.1, 0.15) is 24.1 Å². The third kappa shape index (κ3) is 28.6. The smallest absolute Gasteiger partial charge is 0.308 e. The molecule has 1 aromatic carbocycles. The number of ketones is 2. The molecule has 14 unspecified atom stereocenters. The van der Waals surface area contributed by atoms with E-state index >= 15 is 0 Å². The second-order valence-corrected chi connectivity index (χ2v) is 24.9. The molecule has 19 atom stereocenters. The zero-order valence-electron chi connectivity index (χ0n) is 53.9. The number of hydrogen-bond donors (Lipinski definition) is 13. The first-order chi connectivity index (χ1) is 43.1. The maximum atomic E-state index is 14.0. The van der Waals surface area contributed by atoms with Crippen molar-refractivity contribution >= 4 is 35.0 Å². The third-order valence-corrected chi connectivity index (χ3v) is 16.0. The second-order valence-electron chi connectivity index (χ2n) is 24.9. The van der Waals surface area contributed by atoms with Crippen molar-refractivity contribution < 1.29 is 94.0 Å². The van der Waals surface area contributed by atoms with Gasteiger partial charge in [-0.15, -0.1) is 0 Å². The second kappa shape index (κ2) is 39.8. The average Bonchev–Trinajstić information content (AvgIpc) is 0.818. The maximum Gasteiger partial charge on any atom is 0.308 e. The molecular formula is C67H103N5O19. The summed E-state index contributed by atoms with van der Waals surface area (Å²) in [5.74, 6) is -7.10. The van der Waals surface area contributed by atoms with E-state index in [9.17, 15) is 75.0 Å². The van der Waals surface area contributed by atoms with E-state index in [2.05, 4.69) is 16.0 Å². The van der Waals surface area contributed by atoms with Gasteiger partial charge in [0, 0.05) is 75.8 Å². The number of Topliss-reactive ketones (excluding diaryl/α,β-unsaturated/α-hetero) is 2. The van der Waals surface area contributed by atoms with Crippen LogP contribution < -0.4 is 16.0 Å². The van der Waals surface area contributed by atoms with Crippen LogP contribution in [0.2, 0.25) is 0 Å². The molecule has 0 radical (unpaired) electrons. The largest absolute Gasteiger partial charge is 0.461 e. The number of nitrogens with one attached hydrogen (secondary N) is 3. The van der Waals surface area contributed by atoms with Crippen LogP contribution in [-0.4, -0.2) is 243 Å². The van der Waals surface area contributed by atoms with Gasteiger partial charge in [0.15, 0.2) is 17.9 Å². The number of rotatable bonds is 17. The number of likely N-dealkylation sites (N-methyl/N-ethyl adjacent to an activating group) is 2. The predicted molar refractivity (Wildman–Crippen MR) is 342 cm³/mol. The number of aliphatic hydroxyl groups excluding tert-OH is 9. The normalized spacial score (nSPS) is 34.9. The van der Waals surface area contributed by atoms with Crippen molar-refractivity contribution in [2.45, 2.75) is 195 Å². The summed E-state index contributed by atoms with van der Waals surface area (Å²) in [6.45, 7) is 5.81. The van der Waals surface area contributed by atoms with Crippen molar-refractivity contribution in [2.24, 2.45) is 17.8 Å². The summed E-state index contributed by atoms with van der Waals surface area (Å²) < 4.78 is 24.6. The lowest BCUT2D eigenvalue weighted by atomic mass is 9.82. The fourth-order valence-electron chi connectivity index (χ4n) is 11.3. The van der Waals surface area contributed by atoms with E-state index in [-0.39, 0.29) is 50.0 Å². The first-order valence-electron chi connectivity index (χ1n) is 31.5. The van der Waals surface area contributed by atoms with E-state index in [0.29, 0.717) is 18.5 Å². The van der Waals surface area contributed by atoms with Crippen LogP contribution in [0.3, 0.4) is 0 Å². The molecule has 2 saturated heterocycles. The molecule has 4 rings (SSSR count). The van der Waals surface area contributed by atoms with Crippen molar-refractivity contribution in [3.63, 3.8) is 0 Å². The average molecular weight is 1280 g/mol. The van der Waals surface area contributed by atoms with Gasteiger partial charge < -0.3 is 95.8 Å². The highest BCUT2D eigenvalue weighted by molar-refractivity contribution is 5.96. The molecule has 3 aliphatic rings. The van der Waals surface area contributed by atoms with E-state index in [1.54, 1.807) is 129 Å². The fraction of sp³-hybridized carbons (Fsp3) is 0.627. The SMILES string of the molecule is CNc1ccc(C(=O)CC(O)CCC(C)C2OC(=O)CC(O)CC(=O)CC(O)CC(O)CC(O)CC(O)CC3(O)CC(O)C(C(=O)NCCN(C)C)C(CC(O[C@@H]4O[C@H](C)[C@@H](O)[C@H](NC(=O)CN(C)C)[C@@H]4O)/C=C/C=C/C=C/C=C/C=C/C=C/C=C\C2C)O3)cc1. The minimum Gasteiger partial charge on any atom is -0.461 e. The molecule has 2 fully saturated rings.